The molecule has 0 N–H and O–H groups in total. The van der Waals surface area contributed by atoms with Gasteiger partial charge < -0.3 is 0 Å². The predicted molar refractivity (Wildman–Crippen MR) is 52.3 cm³/mol. The third-order valence-electron chi connectivity index (χ3n) is 1.73. The lowest BCUT2D eigenvalue weighted by Crippen LogP contribution is -2.02. The van der Waals surface area contributed by atoms with Crippen molar-refractivity contribution < 1.29 is 4.79 Å². The van der Waals surface area contributed by atoms with Crippen molar-refractivity contribution >= 4 is 17.3 Å². The SMILES string of the molecule is Cc1cncc(C(=O)c2csnn2)c1. The Morgan fingerprint density at radius 1 is 1.43 bits per heavy atom. The smallest absolute Gasteiger partial charge is 0.215 e. The number of carbonyl (C=O) groups excluding carboxylic acids is 1. The quantitative estimate of drug-likeness (QED) is 0.697. The number of aryl methyl sites for hydroxylation is 1. The molecule has 0 spiro atoms. The van der Waals surface area contributed by atoms with Crippen LogP contribution >= 0.6 is 11.5 Å². The van der Waals surface area contributed by atoms with Gasteiger partial charge in [0.05, 0.1) is 0 Å². The molecule has 5 heteroatoms. The normalized spacial score (nSPS) is 10.1. The first-order valence-electron chi connectivity index (χ1n) is 4.01. The number of hydrogen-bond acceptors (Lipinski definition) is 5. The summed E-state index contributed by atoms with van der Waals surface area (Å²) in [6, 6.07) is 1.79. The zero-order valence-corrected chi connectivity index (χ0v) is 8.28. The summed E-state index contributed by atoms with van der Waals surface area (Å²) in [5, 5.41) is 5.34. The maximum Gasteiger partial charge on any atom is 0.215 e. The van der Waals surface area contributed by atoms with E-state index in [0.717, 1.165) is 17.1 Å². The molecule has 70 valence electrons. The molecule has 0 atom stereocenters. The molecule has 2 heterocycles. The molecule has 0 radical (unpaired) electrons. The van der Waals surface area contributed by atoms with Gasteiger partial charge in [-0.25, -0.2) is 0 Å². The summed E-state index contributed by atoms with van der Waals surface area (Å²) in [6.45, 7) is 1.89. The van der Waals surface area contributed by atoms with Crippen LogP contribution in [0.3, 0.4) is 0 Å². The fourth-order valence-electron chi connectivity index (χ4n) is 1.09. The third-order valence-corrected chi connectivity index (χ3v) is 2.23. The summed E-state index contributed by atoms with van der Waals surface area (Å²) in [5.74, 6) is -0.130. The number of aromatic nitrogens is 3. The second-order valence-electron chi connectivity index (χ2n) is 2.87. The molecule has 0 aliphatic rings. The van der Waals surface area contributed by atoms with E-state index >= 15 is 0 Å². The lowest BCUT2D eigenvalue weighted by atomic mass is 10.1. The summed E-state index contributed by atoms with van der Waals surface area (Å²) in [5.41, 5.74) is 1.89. The van der Waals surface area contributed by atoms with Crippen LogP contribution in [0, 0.1) is 6.92 Å². The molecular weight excluding hydrogens is 198 g/mol. The zero-order valence-electron chi connectivity index (χ0n) is 7.47. The van der Waals surface area contributed by atoms with Crippen molar-refractivity contribution in [2.45, 2.75) is 6.92 Å². The molecule has 0 amide bonds. The molecule has 0 bridgehead atoms. The minimum atomic E-state index is -0.130. The Morgan fingerprint density at radius 3 is 2.93 bits per heavy atom. The second kappa shape index (κ2) is 3.63. The molecule has 0 aliphatic carbocycles. The maximum absolute atomic E-state index is 11.7. The van der Waals surface area contributed by atoms with E-state index in [0.29, 0.717) is 11.3 Å². The fourth-order valence-corrected chi connectivity index (χ4v) is 1.53. The van der Waals surface area contributed by atoms with E-state index < -0.39 is 0 Å². The van der Waals surface area contributed by atoms with Crippen molar-refractivity contribution in [3.63, 3.8) is 0 Å². The number of hydrogen-bond donors (Lipinski definition) is 0. The Balaban J connectivity index is 2.37. The van der Waals surface area contributed by atoms with Crippen LogP contribution in [-0.2, 0) is 0 Å². The molecule has 0 unspecified atom stereocenters. The summed E-state index contributed by atoms with van der Waals surface area (Å²) < 4.78 is 3.64. The lowest BCUT2D eigenvalue weighted by molar-refractivity contribution is 0.103. The second-order valence-corrected chi connectivity index (χ2v) is 3.48. The summed E-state index contributed by atoms with van der Waals surface area (Å²) in [4.78, 5) is 15.7. The van der Waals surface area contributed by atoms with Crippen LogP contribution in [0.15, 0.2) is 23.8 Å². The summed E-state index contributed by atoms with van der Waals surface area (Å²) in [6.07, 6.45) is 3.24. The molecule has 0 saturated heterocycles. The van der Waals surface area contributed by atoms with Crippen LogP contribution in [0.2, 0.25) is 0 Å². The van der Waals surface area contributed by atoms with Crippen LogP contribution in [0.5, 0.6) is 0 Å². The Bertz CT molecular complexity index is 453. The number of pyridine rings is 1. The Hall–Kier alpha value is -1.62. The fraction of sp³-hybridized carbons (Fsp3) is 0.111. The summed E-state index contributed by atoms with van der Waals surface area (Å²) >= 11 is 1.16. The Morgan fingerprint density at radius 2 is 2.29 bits per heavy atom. The van der Waals surface area contributed by atoms with Crippen LogP contribution in [-0.4, -0.2) is 20.4 Å². The van der Waals surface area contributed by atoms with Gasteiger partial charge >= 0.3 is 0 Å². The highest BCUT2D eigenvalue weighted by atomic mass is 32.1. The zero-order chi connectivity index (χ0) is 9.97. The van der Waals surface area contributed by atoms with Crippen LogP contribution < -0.4 is 0 Å². The maximum atomic E-state index is 11.7. The average Bonchev–Trinajstić information content (AvgIpc) is 2.69. The van der Waals surface area contributed by atoms with Gasteiger partial charge in [-0.05, 0) is 30.1 Å². The van der Waals surface area contributed by atoms with Crippen molar-refractivity contribution in [2.24, 2.45) is 0 Å². The van der Waals surface area contributed by atoms with Crippen LogP contribution in [0.1, 0.15) is 21.6 Å². The number of rotatable bonds is 2. The molecule has 0 saturated carbocycles. The highest BCUT2D eigenvalue weighted by molar-refractivity contribution is 7.03. The highest BCUT2D eigenvalue weighted by Gasteiger charge is 2.11. The van der Waals surface area contributed by atoms with Gasteiger partial charge in [-0.3, -0.25) is 9.78 Å². The van der Waals surface area contributed by atoms with Crippen LogP contribution in [0.25, 0.3) is 0 Å². The van der Waals surface area contributed by atoms with E-state index in [4.69, 9.17) is 0 Å². The minimum Gasteiger partial charge on any atom is -0.287 e. The van der Waals surface area contributed by atoms with Crippen molar-refractivity contribution in [2.75, 3.05) is 0 Å². The van der Waals surface area contributed by atoms with Gasteiger partial charge in [0.1, 0.15) is 5.69 Å². The van der Waals surface area contributed by atoms with Crippen LogP contribution in [0.4, 0.5) is 0 Å². The monoisotopic (exact) mass is 205 g/mol. The van der Waals surface area contributed by atoms with Crippen molar-refractivity contribution in [3.05, 3.63) is 40.7 Å². The minimum absolute atomic E-state index is 0.130. The first-order valence-corrected chi connectivity index (χ1v) is 4.84. The van der Waals surface area contributed by atoms with E-state index in [1.807, 2.05) is 6.92 Å². The van der Waals surface area contributed by atoms with Gasteiger partial charge in [-0.2, -0.15) is 0 Å². The Kier molecular flexibility index (Phi) is 2.32. The van der Waals surface area contributed by atoms with Gasteiger partial charge in [-0.15, -0.1) is 5.10 Å². The van der Waals surface area contributed by atoms with Crippen molar-refractivity contribution in [1.82, 2.24) is 14.6 Å². The molecule has 14 heavy (non-hydrogen) atoms. The molecule has 4 nitrogen and oxygen atoms in total. The van der Waals surface area contributed by atoms with Gasteiger partial charge in [-0.1, -0.05) is 4.49 Å². The standard InChI is InChI=1S/C9H7N3OS/c1-6-2-7(4-10-3-6)9(13)8-5-14-12-11-8/h2-5H,1H3. The predicted octanol–water partition coefficient (Wildman–Crippen LogP) is 1.47. The Labute approximate surface area is 84.8 Å². The number of nitrogens with zero attached hydrogens (tertiary/aromatic N) is 3. The number of carbonyl (C=O) groups is 1. The molecule has 0 aliphatic heterocycles. The van der Waals surface area contributed by atoms with Gasteiger partial charge in [0.2, 0.25) is 5.78 Å². The van der Waals surface area contributed by atoms with Crippen molar-refractivity contribution in [1.29, 1.82) is 0 Å². The van der Waals surface area contributed by atoms with Crippen molar-refractivity contribution in [3.8, 4) is 0 Å². The number of ketones is 1. The topological polar surface area (TPSA) is 55.7 Å². The van der Waals surface area contributed by atoms with E-state index in [9.17, 15) is 4.79 Å². The largest absolute Gasteiger partial charge is 0.287 e. The van der Waals surface area contributed by atoms with E-state index in [2.05, 4.69) is 14.6 Å². The lowest BCUT2D eigenvalue weighted by Gasteiger charge is -1.96. The molecule has 2 aromatic heterocycles. The molecule has 0 fully saturated rings. The molecular formula is C9H7N3OS. The van der Waals surface area contributed by atoms with Gasteiger partial charge in [0.25, 0.3) is 0 Å². The van der Waals surface area contributed by atoms with Gasteiger partial charge in [0, 0.05) is 23.3 Å². The van der Waals surface area contributed by atoms with E-state index in [1.165, 1.54) is 6.20 Å². The summed E-state index contributed by atoms with van der Waals surface area (Å²) in [7, 11) is 0. The third kappa shape index (κ3) is 1.67. The average molecular weight is 205 g/mol. The van der Waals surface area contributed by atoms with E-state index in [-0.39, 0.29) is 5.78 Å². The first-order chi connectivity index (χ1) is 6.77. The van der Waals surface area contributed by atoms with Gasteiger partial charge in [0.15, 0.2) is 0 Å². The highest BCUT2D eigenvalue weighted by Crippen LogP contribution is 2.08. The molecule has 2 rings (SSSR count). The molecule has 0 aromatic carbocycles. The first kappa shape index (κ1) is 8.96. The van der Waals surface area contributed by atoms with E-state index in [1.54, 1.807) is 17.6 Å². The molecule has 2 aromatic rings.